The maximum atomic E-state index is 13.4. The minimum absolute atomic E-state index is 0.0862. The number of hydrazone groups is 1. The third kappa shape index (κ3) is 8.09. The van der Waals surface area contributed by atoms with Crippen molar-refractivity contribution in [1.29, 1.82) is 0 Å². The summed E-state index contributed by atoms with van der Waals surface area (Å²) in [5.74, 6) is 0.395. The maximum absolute atomic E-state index is 13.4. The number of aliphatic hydroxyl groups excluding tert-OH is 1. The van der Waals surface area contributed by atoms with Crippen molar-refractivity contribution in [2.24, 2.45) is 5.10 Å². The van der Waals surface area contributed by atoms with Gasteiger partial charge in [0.05, 0.1) is 24.3 Å². The number of benzene rings is 4. The first-order chi connectivity index (χ1) is 21.4. The molecule has 9 heteroatoms. The third-order valence-electron chi connectivity index (χ3n) is 7.27. The van der Waals surface area contributed by atoms with Gasteiger partial charge in [0.15, 0.2) is 0 Å². The molecule has 0 bridgehead atoms. The van der Waals surface area contributed by atoms with Crippen LogP contribution in [0.15, 0.2) is 114 Å². The normalized spacial score (nSPS) is 14.1. The Bertz CT molecular complexity index is 1590. The predicted molar refractivity (Wildman–Crippen MR) is 173 cm³/mol. The molecule has 9 nitrogen and oxygen atoms in total. The van der Waals surface area contributed by atoms with Gasteiger partial charge in [0.2, 0.25) is 0 Å². The Balaban J connectivity index is 1.25. The summed E-state index contributed by atoms with van der Waals surface area (Å²) >= 11 is 0. The Morgan fingerprint density at radius 1 is 0.909 bits per heavy atom. The van der Waals surface area contributed by atoms with Gasteiger partial charge >= 0.3 is 0 Å². The number of aliphatic hydroxyl groups is 1. The fraction of sp³-hybridized carbons (Fsp3) is 0.229. The lowest BCUT2D eigenvalue weighted by atomic mass is 10.0. The van der Waals surface area contributed by atoms with E-state index >= 15 is 0 Å². The van der Waals surface area contributed by atoms with Crippen LogP contribution < -0.4 is 25.3 Å². The van der Waals surface area contributed by atoms with Crippen molar-refractivity contribution in [2.75, 3.05) is 30.5 Å². The highest BCUT2D eigenvalue weighted by molar-refractivity contribution is 6.44. The molecule has 5 rings (SSSR count). The average molecular weight is 592 g/mol. The highest BCUT2D eigenvalue weighted by Gasteiger charge is 2.32. The Hall–Kier alpha value is -4.99. The monoisotopic (exact) mass is 591 g/mol. The van der Waals surface area contributed by atoms with E-state index < -0.39 is 18.1 Å². The molecule has 1 aliphatic heterocycles. The van der Waals surface area contributed by atoms with Gasteiger partial charge in [-0.3, -0.25) is 9.59 Å². The molecular formula is C35H37N5O4. The van der Waals surface area contributed by atoms with Crippen LogP contribution in [0.5, 0.6) is 11.5 Å². The second kappa shape index (κ2) is 14.5. The van der Waals surface area contributed by atoms with Crippen LogP contribution in [0.4, 0.5) is 11.4 Å². The van der Waals surface area contributed by atoms with E-state index in [-0.39, 0.29) is 24.6 Å². The summed E-state index contributed by atoms with van der Waals surface area (Å²) in [6, 6.07) is 33.5. The molecule has 1 heterocycles. The first-order valence-corrected chi connectivity index (χ1v) is 14.6. The highest BCUT2D eigenvalue weighted by Crippen LogP contribution is 2.28. The SMILES string of the molecule is CN(C)c1cccc(CNC[C@@H](O)[C@H](Cc2ccccc2)NC(=O)C2=NN(c3cccc(Oc4ccccc4)c3)C(=O)C2)c1. The Kier molecular flexibility index (Phi) is 10.0. The second-order valence-corrected chi connectivity index (χ2v) is 10.9. The molecule has 0 aliphatic carbocycles. The summed E-state index contributed by atoms with van der Waals surface area (Å²) in [6.07, 6.45) is -0.628. The van der Waals surface area contributed by atoms with E-state index in [0.29, 0.717) is 30.2 Å². The van der Waals surface area contributed by atoms with E-state index in [1.807, 2.05) is 97.9 Å². The van der Waals surface area contributed by atoms with E-state index in [0.717, 1.165) is 16.8 Å². The maximum Gasteiger partial charge on any atom is 0.268 e. The number of carbonyl (C=O) groups excluding carboxylic acids is 2. The van der Waals surface area contributed by atoms with Gasteiger partial charge in [-0.25, -0.2) is 0 Å². The van der Waals surface area contributed by atoms with E-state index in [4.69, 9.17) is 4.74 Å². The standard InChI is InChI=1S/C35H37N5O4/c1-39(2)27-14-9-13-26(19-27)23-36-24-33(41)31(20-25-11-5-3-6-12-25)37-35(43)32-22-34(42)40(38-32)28-15-10-18-30(21-28)44-29-16-7-4-8-17-29/h3-19,21,31,33,36,41H,20,22-24H2,1-2H3,(H,37,43)/t31-,33+/m0/s1. The molecule has 0 saturated carbocycles. The number of rotatable bonds is 13. The molecule has 0 radical (unpaired) electrons. The number of ether oxygens (including phenoxy) is 1. The van der Waals surface area contributed by atoms with Crippen LogP contribution in [0.2, 0.25) is 0 Å². The predicted octanol–water partition coefficient (Wildman–Crippen LogP) is 4.52. The number of para-hydroxylation sites is 1. The Morgan fingerprint density at radius 2 is 1.59 bits per heavy atom. The summed E-state index contributed by atoms with van der Waals surface area (Å²) in [6.45, 7) is 0.823. The number of amides is 2. The van der Waals surface area contributed by atoms with Gasteiger partial charge < -0.3 is 25.4 Å². The largest absolute Gasteiger partial charge is 0.457 e. The molecule has 3 N–H and O–H groups in total. The lowest BCUT2D eigenvalue weighted by Crippen LogP contribution is -2.50. The van der Waals surface area contributed by atoms with Crippen molar-refractivity contribution in [3.05, 3.63) is 120 Å². The zero-order valence-electron chi connectivity index (χ0n) is 24.9. The van der Waals surface area contributed by atoms with Crippen LogP contribution in [-0.2, 0) is 22.6 Å². The quantitative estimate of drug-likeness (QED) is 0.211. The average Bonchev–Trinajstić information content (AvgIpc) is 3.43. The third-order valence-corrected chi connectivity index (χ3v) is 7.27. The molecule has 0 saturated heterocycles. The molecule has 44 heavy (non-hydrogen) atoms. The number of hydrogen-bond donors (Lipinski definition) is 3. The van der Waals surface area contributed by atoms with Gasteiger partial charge in [0, 0.05) is 38.9 Å². The molecule has 4 aromatic carbocycles. The van der Waals surface area contributed by atoms with Gasteiger partial charge in [-0.05, 0) is 53.9 Å². The van der Waals surface area contributed by atoms with E-state index in [9.17, 15) is 14.7 Å². The Labute approximate surface area is 257 Å². The minimum Gasteiger partial charge on any atom is -0.457 e. The molecule has 0 spiro atoms. The number of nitrogens with one attached hydrogen (secondary N) is 2. The van der Waals surface area contributed by atoms with Crippen molar-refractivity contribution < 1.29 is 19.4 Å². The number of nitrogens with zero attached hydrogens (tertiary/aromatic N) is 3. The molecule has 0 aromatic heterocycles. The summed E-state index contributed by atoms with van der Waals surface area (Å²) in [7, 11) is 3.98. The number of anilines is 2. The van der Waals surface area contributed by atoms with E-state index in [1.54, 1.807) is 24.3 Å². The van der Waals surface area contributed by atoms with Crippen LogP contribution >= 0.6 is 0 Å². The fourth-order valence-electron chi connectivity index (χ4n) is 4.91. The Morgan fingerprint density at radius 3 is 2.34 bits per heavy atom. The molecule has 1 aliphatic rings. The van der Waals surface area contributed by atoms with Gasteiger partial charge in [0.1, 0.15) is 17.2 Å². The van der Waals surface area contributed by atoms with Gasteiger partial charge in [-0.15, -0.1) is 0 Å². The van der Waals surface area contributed by atoms with Crippen molar-refractivity contribution >= 4 is 28.9 Å². The van der Waals surface area contributed by atoms with Crippen molar-refractivity contribution in [1.82, 2.24) is 10.6 Å². The molecule has 4 aromatic rings. The van der Waals surface area contributed by atoms with Gasteiger partial charge in [-0.1, -0.05) is 66.7 Å². The van der Waals surface area contributed by atoms with Crippen molar-refractivity contribution in [3.63, 3.8) is 0 Å². The first-order valence-electron chi connectivity index (χ1n) is 14.6. The molecule has 2 atom stereocenters. The molecule has 226 valence electrons. The van der Waals surface area contributed by atoms with E-state index in [1.165, 1.54) is 5.01 Å². The number of hydrogen-bond acceptors (Lipinski definition) is 7. The molecule has 2 amide bonds. The summed E-state index contributed by atoms with van der Waals surface area (Å²) in [5, 5.41) is 23.0. The van der Waals surface area contributed by atoms with Crippen molar-refractivity contribution in [2.45, 2.75) is 31.5 Å². The lowest BCUT2D eigenvalue weighted by Gasteiger charge is -2.25. The molecule has 0 fully saturated rings. The number of carbonyl (C=O) groups is 2. The van der Waals surface area contributed by atoms with E-state index in [2.05, 4.69) is 21.8 Å². The zero-order valence-corrected chi connectivity index (χ0v) is 24.9. The van der Waals surface area contributed by atoms with Gasteiger partial charge in [-0.2, -0.15) is 10.1 Å². The van der Waals surface area contributed by atoms with Gasteiger partial charge in [0.25, 0.3) is 11.8 Å². The summed E-state index contributed by atoms with van der Waals surface area (Å²) < 4.78 is 5.90. The fourth-order valence-corrected chi connectivity index (χ4v) is 4.91. The van der Waals surface area contributed by atoms with Crippen LogP contribution in [0, 0.1) is 0 Å². The minimum atomic E-state index is -0.892. The summed E-state index contributed by atoms with van der Waals surface area (Å²) in [5.41, 5.74) is 3.73. The molecular weight excluding hydrogens is 554 g/mol. The second-order valence-electron chi connectivity index (χ2n) is 10.9. The van der Waals surface area contributed by atoms with Crippen LogP contribution in [0.3, 0.4) is 0 Å². The molecule has 0 unspecified atom stereocenters. The topological polar surface area (TPSA) is 106 Å². The zero-order chi connectivity index (χ0) is 30.9. The highest BCUT2D eigenvalue weighted by atomic mass is 16.5. The first kappa shape index (κ1) is 30.5. The lowest BCUT2D eigenvalue weighted by molar-refractivity contribution is -0.118. The van der Waals surface area contributed by atoms with Crippen LogP contribution in [0.25, 0.3) is 0 Å². The smallest absolute Gasteiger partial charge is 0.268 e. The van der Waals surface area contributed by atoms with Crippen molar-refractivity contribution in [3.8, 4) is 11.5 Å². The summed E-state index contributed by atoms with van der Waals surface area (Å²) in [4.78, 5) is 28.4. The van der Waals surface area contributed by atoms with Crippen LogP contribution in [-0.4, -0.2) is 55.4 Å². The van der Waals surface area contributed by atoms with Crippen LogP contribution in [0.1, 0.15) is 17.5 Å².